The Labute approximate surface area is 193 Å². The molecule has 0 aliphatic rings. The predicted octanol–water partition coefficient (Wildman–Crippen LogP) is 2.75. The van der Waals surface area contributed by atoms with E-state index in [0.717, 1.165) is 29.7 Å². The van der Waals surface area contributed by atoms with Gasteiger partial charge in [-0.15, -0.1) is 0 Å². The quantitative estimate of drug-likeness (QED) is 0.498. The number of esters is 1. The first-order valence-corrected chi connectivity index (χ1v) is 10.5. The minimum absolute atomic E-state index is 0.207. The molecular weight excluding hydrogens is 428 g/mol. The van der Waals surface area contributed by atoms with Crippen LogP contribution >= 0.6 is 0 Å². The van der Waals surface area contributed by atoms with Gasteiger partial charge in [0.1, 0.15) is 6.54 Å². The first kappa shape index (κ1) is 25.5. The minimum Gasteiger partial charge on any atom is -0.493 e. The van der Waals surface area contributed by atoms with Crippen LogP contribution in [0.25, 0.3) is 0 Å². The molecule has 0 bridgehead atoms. The second-order valence-corrected chi connectivity index (χ2v) is 6.96. The van der Waals surface area contributed by atoms with E-state index in [2.05, 4.69) is 10.6 Å². The summed E-state index contributed by atoms with van der Waals surface area (Å²) in [5.41, 5.74) is 2.97. The summed E-state index contributed by atoms with van der Waals surface area (Å²) < 4.78 is 20.7. The Kier molecular flexibility index (Phi) is 9.53. The SMILES string of the molecule is CCc1cccc(CC)c1NC(=O)COC(=O)CNC(=O)c1cc(OC)c(OC)c(OC)c1. The Balaban J connectivity index is 1.92. The number of benzene rings is 2. The summed E-state index contributed by atoms with van der Waals surface area (Å²) in [5.74, 6) is -0.779. The number of ether oxygens (including phenoxy) is 4. The van der Waals surface area contributed by atoms with Crippen LogP contribution in [0.2, 0.25) is 0 Å². The summed E-state index contributed by atoms with van der Waals surface area (Å²) >= 11 is 0. The lowest BCUT2D eigenvalue weighted by Gasteiger charge is -2.15. The Morgan fingerprint density at radius 3 is 1.94 bits per heavy atom. The van der Waals surface area contributed by atoms with E-state index in [1.54, 1.807) is 0 Å². The Hall–Kier alpha value is -3.75. The molecule has 0 saturated heterocycles. The normalized spacial score (nSPS) is 10.2. The number of carbonyl (C=O) groups excluding carboxylic acids is 3. The van der Waals surface area contributed by atoms with Crippen LogP contribution in [0.3, 0.4) is 0 Å². The molecule has 0 spiro atoms. The highest BCUT2D eigenvalue weighted by Gasteiger charge is 2.18. The molecule has 2 aromatic carbocycles. The molecule has 9 heteroatoms. The standard InChI is InChI=1S/C24H30N2O7/c1-6-15-9-8-10-16(7-2)22(15)26-20(27)14-33-21(28)13-25-24(29)17-11-18(30-3)23(32-5)19(12-17)31-4/h8-12H,6-7,13-14H2,1-5H3,(H,25,29)(H,26,27). The van der Waals surface area contributed by atoms with Crippen molar-refractivity contribution in [2.24, 2.45) is 0 Å². The van der Waals surface area contributed by atoms with Crippen LogP contribution in [0.4, 0.5) is 5.69 Å². The minimum atomic E-state index is -0.745. The average Bonchev–Trinajstić information content (AvgIpc) is 2.84. The predicted molar refractivity (Wildman–Crippen MR) is 123 cm³/mol. The number of para-hydroxylation sites is 1. The first-order valence-electron chi connectivity index (χ1n) is 10.5. The van der Waals surface area contributed by atoms with E-state index in [0.29, 0.717) is 17.2 Å². The summed E-state index contributed by atoms with van der Waals surface area (Å²) in [6.45, 7) is 3.14. The highest BCUT2D eigenvalue weighted by molar-refractivity contribution is 5.98. The van der Waals surface area contributed by atoms with Crippen molar-refractivity contribution in [1.82, 2.24) is 5.32 Å². The topological polar surface area (TPSA) is 112 Å². The summed E-state index contributed by atoms with van der Waals surface area (Å²) in [5, 5.41) is 5.27. The maximum atomic E-state index is 12.5. The lowest BCUT2D eigenvalue weighted by Crippen LogP contribution is -2.32. The molecule has 0 aromatic heterocycles. The Morgan fingerprint density at radius 1 is 0.879 bits per heavy atom. The monoisotopic (exact) mass is 458 g/mol. The van der Waals surface area contributed by atoms with Crippen LogP contribution in [-0.4, -0.2) is 52.3 Å². The van der Waals surface area contributed by atoms with Crippen LogP contribution < -0.4 is 24.8 Å². The van der Waals surface area contributed by atoms with Crippen molar-refractivity contribution in [3.8, 4) is 17.2 Å². The number of nitrogens with one attached hydrogen (secondary N) is 2. The fraction of sp³-hybridized carbons (Fsp3) is 0.375. The molecule has 178 valence electrons. The third-order valence-corrected chi connectivity index (χ3v) is 4.95. The lowest BCUT2D eigenvalue weighted by atomic mass is 10.0. The molecule has 0 heterocycles. The zero-order valence-electron chi connectivity index (χ0n) is 19.6. The average molecular weight is 459 g/mol. The van der Waals surface area contributed by atoms with E-state index in [1.807, 2.05) is 32.0 Å². The van der Waals surface area contributed by atoms with E-state index < -0.39 is 30.9 Å². The van der Waals surface area contributed by atoms with Gasteiger partial charge in [0, 0.05) is 11.3 Å². The van der Waals surface area contributed by atoms with Crippen molar-refractivity contribution in [3.05, 3.63) is 47.0 Å². The van der Waals surface area contributed by atoms with Crippen LogP contribution in [0.1, 0.15) is 35.3 Å². The van der Waals surface area contributed by atoms with Crippen LogP contribution in [-0.2, 0) is 27.2 Å². The fourth-order valence-electron chi connectivity index (χ4n) is 3.24. The summed E-state index contributed by atoms with van der Waals surface area (Å²) in [4.78, 5) is 36.8. The van der Waals surface area contributed by atoms with Gasteiger partial charge in [0.2, 0.25) is 5.75 Å². The number of amides is 2. The number of rotatable bonds is 11. The molecule has 2 aromatic rings. The van der Waals surface area contributed by atoms with Crippen LogP contribution in [0.5, 0.6) is 17.2 Å². The van der Waals surface area contributed by atoms with E-state index in [1.165, 1.54) is 33.5 Å². The van der Waals surface area contributed by atoms with Gasteiger partial charge in [0.05, 0.1) is 21.3 Å². The zero-order valence-corrected chi connectivity index (χ0v) is 19.6. The molecule has 0 aliphatic carbocycles. The molecule has 0 radical (unpaired) electrons. The van der Waals surface area contributed by atoms with Gasteiger partial charge in [-0.2, -0.15) is 0 Å². The number of hydrogen-bond acceptors (Lipinski definition) is 7. The number of aryl methyl sites for hydroxylation is 2. The van der Waals surface area contributed by atoms with E-state index in [-0.39, 0.29) is 5.56 Å². The van der Waals surface area contributed by atoms with Gasteiger partial charge < -0.3 is 29.6 Å². The third kappa shape index (κ3) is 6.61. The Morgan fingerprint density at radius 2 is 1.45 bits per heavy atom. The van der Waals surface area contributed by atoms with Gasteiger partial charge in [-0.05, 0) is 36.1 Å². The second-order valence-electron chi connectivity index (χ2n) is 6.96. The van der Waals surface area contributed by atoms with Crippen LogP contribution in [0.15, 0.2) is 30.3 Å². The number of carbonyl (C=O) groups is 3. The molecule has 0 unspecified atom stereocenters. The highest BCUT2D eigenvalue weighted by Crippen LogP contribution is 2.38. The smallest absolute Gasteiger partial charge is 0.325 e. The summed E-state index contributed by atoms with van der Waals surface area (Å²) in [7, 11) is 4.32. The molecule has 2 N–H and O–H groups in total. The van der Waals surface area contributed by atoms with Crippen molar-refractivity contribution in [1.29, 1.82) is 0 Å². The third-order valence-electron chi connectivity index (χ3n) is 4.95. The molecule has 2 rings (SSSR count). The molecule has 2 amide bonds. The van der Waals surface area contributed by atoms with Gasteiger partial charge in [0.15, 0.2) is 18.1 Å². The second kappa shape index (κ2) is 12.3. The molecule has 0 fully saturated rings. The van der Waals surface area contributed by atoms with Crippen molar-refractivity contribution < 1.29 is 33.3 Å². The van der Waals surface area contributed by atoms with Crippen molar-refractivity contribution >= 4 is 23.5 Å². The van der Waals surface area contributed by atoms with Gasteiger partial charge >= 0.3 is 5.97 Å². The van der Waals surface area contributed by atoms with Gasteiger partial charge in [-0.1, -0.05) is 32.0 Å². The summed E-state index contributed by atoms with van der Waals surface area (Å²) in [6, 6.07) is 8.76. The lowest BCUT2D eigenvalue weighted by molar-refractivity contribution is -0.146. The van der Waals surface area contributed by atoms with Crippen molar-refractivity contribution in [3.63, 3.8) is 0 Å². The molecule has 0 saturated carbocycles. The maximum Gasteiger partial charge on any atom is 0.325 e. The molecule has 9 nitrogen and oxygen atoms in total. The van der Waals surface area contributed by atoms with Gasteiger partial charge in [-0.25, -0.2) is 0 Å². The largest absolute Gasteiger partial charge is 0.493 e. The summed E-state index contributed by atoms with van der Waals surface area (Å²) in [6.07, 6.45) is 1.52. The van der Waals surface area contributed by atoms with Gasteiger partial charge in [0.25, 0.3) is 11.8 Å². The fourth-order valence-corrected chi connectivity index (χ4v) is 3.24. The first-order chi connectivity index (χ1) is 15.9. The molecule has 33 heavy (non-hydrogen) atoms. The number of hydrogen-bond donors (Lipinski definition) is 2. The number of anilines is 1. The molecule has 0 aliphatic heterocycles. The number of methoxy groups -OCH3 is 3. The van der Waals surface area contributed by atoms with Crippen LogP contribution in [0, 0.1) is 0 Å². The van der Waals surface area contributed by atoms with E-state index >= 15 is 0 Å². The van der Waals surface area contributed by atoms with E-state index in [4.69, 9.17) is 18.9 Å². The Bertz CT molecular complexity index is 957. The van der Waals surface area contributed by atoms with Crippen molar-refractivity contribution in [2.75, 3.05) is 39.8 Å². The highest BCUT2D eigenvalue weighted by atomic mass is 16.5. The zero-order chi connectivity index (χ0) is 24.4. The van der Waals surface area contributed by atoms with Gasteiger partial charge in [-0.3, -0.25) is 14.4 Å². The van der Waals surface area contributed by atoms with E-state index in [9.17, 15) is 14.4 Å². The maximum absolute atomic E-state index is 12.5. The molecule has 0 atom stereocenters. The van der Waals surface area contributed by atoms with Crippen molar-refractivity contribution in [2.45, 2.75) is 26.7 Å². The molecular formula is C24H30N2O7.